The van der Waals surface area contributed by atoms with Crippen LogP contribution in [0.2, 0.25) is 6.55 Å². The van der Waals surface area contributed by atoms with Gasteiger partial charge in [0.2, 0.25) is 0 Å². The van der Waals surface area contributed by atoms with Crippen LogP contribution >= 0.6 is 0 Å². The minimum atomic E-state index is -6.38. The summed E-state index contributed by atoms with van der Waals surface area (Å²) >= 11 is 0. The third-order valence-electron chi connectivity index (χ3n) is 2.48. The molecule has 0 saturated carbocycles. The lowest BCUT2D eigenvalue weighted by Gasteiger charge is -2.38. The zero-order valence-electron chi connectivity index (χ0n) is 11.3. The quantitative estimate of drug-likeness (QED) is 0.488. The molecule has 0 atom stereocenters. The summed E-state index contributed by atoms with van der Waals surface area (Å²) in [5.74, 6) is -6.21. The molecule has 0 heterocycles. The van der Waals surface area contributed by atoms with E-state index in [0.29, 0.717) is 6.55 Å². The van der Waals surface area contributed by atoms with E-state index in [4.69, 9.17) is 0 Å². The minimum Gasteiger partial charge on any atom is -0.391 e. The van der Waals surface area contributed by atoms with Crippen molar-refractivity contribution in [3.63, 3.8) is 0 Å². The Balaban J connectivity index is 5.51. The highest BCUT2D eigenvalue weighted by molar-refractivity contribution is 6.69. The molecule has 0 amide bonds. The summed E-state index contributed by atoms with van der Waals surface area (Å²) in [7, 11) is -5.07. The highest BCUT2D eigenvalue weighted by Crippen LogP contribution is 2.51. The van der Waals surface area contributed by atoms with Gasteiger partial charge in [0.15, 0.2) is 0 Å². The molecule has 10 heteroatoms. The predicted octanol–water partition coefficient (Wildman–Crippen LogP) is 4.28. The summed E-state index contributed by atoms with van der Waals surface area (Å²) in [6.07, 6.45) is -6.01. The van der Waals surface area contributed by atoms with Crippen LogP contribution in [0.25, 0.3) is 0 Å². The molecule has 0 spiro atoms. The topological polar surface area (TPSA) is 18.5 Å². The fourth-order valence-electron chi connectivity index (χ4n) is 1.28. The lowest BCUT2D eigenvalue weighted by molar-refractivity contribution is -0.340. The van der Waals surface area contributed by atoms with Gasteiger partial charge in [0, 0.05) is 13.2 Å². The second-order valence-corrected chi connectivity index (χ2v) is 7.39. The van der Waals surface area contributed by atoms with Gasteiger partial charge in [0.1, 0.15) is 0 Å². The third kappa shape index (κ3) is 3.64. The van der Waals surface area contributed by atoms with Crippen molar-refractivity contribution in [2.45, 2.75) is 50.9 Å². The van der Waals surface area contributed by atoms with Crippen molar-refractivity contribution >= 4 is 8.56 Å². The van der Waals surface area contributed by atoms with Crippen molar-refractivity contribution in [1.29, 1.82) is 0 Å². The van der Waals surface area contributed by atoms with E-state index in [1.54, 1.807) is 0 Å². The van der Waals surface area contributed by atoms with Gasteiger partial charge in [-0.25, -0.2) is 0 Å². The first kappa shape index (κ1) is 19.6. The number of halogens is 7. The van der Waals surface area contributed by atoms with Crippen LogP contribution in [0, 0.1) is 0 Å². The van der Waals surface area contributed by atoms with Gasteiger partial charge in [-0.1, -0.05) is 13.8 Å². The largest absolute Gasteiger partial charge is 0.459 e. The molecule has 2 nitrogen and oxygen atoms in total. The van der Waals surface area contributed by atoms with Crippen molar-refractivity contribution in [2.24, 2.45) is 0 Å². The van der Waals surface area contributed by atoms with Crippen LogP contribution in [0.4, 0.5) is 30.7 Å². The van der Waals surface area contributed by atoms with Crippen LogP contribution < -0.4 is 0 Å². The molecule has 0 fully saturated rings. The van der Waals surface area contributed by atoms with Crippen molar-refractivity contribution < 1.29 is 39.6 Å². The second-order valence-electron chi connectivity index (χ2n) is 4.29. The third-order valence-corrected chi connectivity index (χ3v) is 5.45. The molecule has 122 valence electrons. The van der Waals surface area contributed by atoms with Gasteiger partial charge in [-0.05, 0) is 19.4 Å². The summed E-state index contributed by atoms with van der Waals surface area (Å²) in [5, 5.41) is 0. The maximum Gasteiger partial charge on any atom is 0.459 e. The molecule has 0 aliphatic carbocycles. The molecule has 0 N–H and O–H groups in total. The Kier molecular flexibility index (Phi) is 6.49. The van der Waals surface area contributed by atoms with Gasteiger partial charge in [0.25, 0.3) is 0 Å². The van der Waals surface area contributed by atoms with Crippen LogP contribution in [-0.4, -0.2) is 39.4 Å². The lowest BCUT2D eigenvalue weighted by Crippen LogP contribution is -2.68. The minimum absolute atomic E-state index is 0.186. The Hall–Kier alpha value is -0.353. The molecule has 0 aromatic carbocycles. The van der Waals surface area contributed by atoms with Crippen LogP contribution in [0.15, 0.2) is 0 Å². The first-order chi connectivity index (χ1) is 8.87. The molecule has 0 radical (unpaired) electrons. The predicted molar refractivity (Wildman–Crippen MR) is 60.1 cm³/mol. The number of hydrogen-bond donors (Lipinski definition) is 0. The average Bonchev–Trinajstić information content (AvgIpc) is 2.32. The molecule has 0 aromatic heterocycles. The van der Waals surface area contributed by atoms with Crippen LogP contribution in [-0.2, 0) is 8.85 Å². The Morgan fingerprint density at radius 3 is 1.40 bits per heavy atom. The van der Waals surface area contributed by atoms with E-state index in [1.165, 1.54) is 13.8 Å². The monoisotopic (exact) mass is 330 g/mol. The van der Waals surface area contributed by atoms with Crippen LogP contribution in [0.5, 0.6) is 0 Å². The van der Waals surface area contributed by atoms with E-state index < -0.39 is 26.2 Å². The summed E-state index contributed by atoms with van der Waals surface area (Å²) in [6.45, 7) is 2.78. The molecular weight excluding hydrogens is 313 g/mol. The van der Waals surface area contributed by atoms with Gasteiger partial charge in [-0.3, -0.25) is 0 Å². The van der Waals surface area contributed by atoms with E-state index >= 15 is 0 Å². The molecule has 0 aliphatic rings. The Bertz CT molecular complexity index is 298. The van der Waals surface area contributed by atoms with Gasteiger partial charge < -0.3 is 8.85 Å². The van der Waals surface area contributed by atoms with Crippen LogP contribution in [0.1, 0.15) is 26.7 Å². The molecule has 0 bridgehead atoms. The molecule has 0 aromatic rings. The first-order valence-corrected chi connectivity index (χ1v) is 8.29. The number of hydrogen-bond acceptors (Lipinski definition) is 2. The fourth-order valence-corrected chi connectivity index (χ4v) is 3.63. The number of alkyl halides is 7. The standard InChI is InChI=1S/C10H17F7O2Si/c1-4-6-18-20(3,19-7-5-2)10(16,17)8(11,12)9(13,14)15/h4-7H2,1-3H3. The van der Waals surface area contributed by atoms with E-state index in [1.807, 2.05) is 0 Å². The molecule has 0 aliphatic heterocycles. The maximum atomic E-state index is 13.7. The Morgan fingerprint density at radius 1 is 0.800 bits per heavy atom. The van der Waals surface area contributed by atoms with Crippen LogP contribution in [0.3, 0.4) is 0 Å². The fraction of sp³-hybridized carbons (Fsp3) is 1.00. The molecular formula is C10H17F7O2Si. The second kappa shape index (κ2) is 6.61. The molecule has 0 saturated heterocycles. The lowest BCUT2D eigenvalue weighted by atomic mass is 10.3. The first-order valence-electron chi connectivity index (χ1n) is 5.97. The molecule has 0 rings (SSSR count). The van der Waals surface area contributed by atoms with Gasteiger partial charge in [0.05, 0.1) is 0 Å². The molecule has 0 unspecified atom stereocenters. The Morgan fingerprint density at radius 2 is 1.15 bits per heavy atom. The zero-order chi connectivity index (χ0) is 16.2. The van der Waals surface area contributed by atoms with Crippen molar-refractivity contribution in [3.05, 3.63) is 0 Å². The highest BCUT2D eigenvalue weighted by atomic mass is 28.4. The van der Waals surface area contributed by atoms with E-state index in [0.717, 1.165) is 0 Å². The molecule has 20 heavy (non-hydrogen) atoms. The summed E-state index contributed by atoms with van der Waals surface area (Å²) in [4.78, 5) is 0. The smallest absolute Gasteiger partial charge is 0.391 e. The van der Waals surface area contributed by atoms with Gasteiger partial charge in [-0.15, -0.1) is 0 Å². The van der Waals surface area contributed by atoms with Crippen molar-refractivity contribution in [2.75, 3.05) is 13.2 Å². The number of rotatable bonds is 8. The van der Waals surface area contributed by atoms with E-state index in [9.17, 15) is 30.7 Å². The highest BCUT2D eigenvalue weighted by Gasteiger charge is 2.81. The summed E-state index contributed by atoms with van der Waals surface area (Å²) in [6, 6.07) is 0. The SMILES string of the molecule is CCCO[Si](C)(OCCC)C(F)(F)C(F)(F)C(F)(F)F. The van der Waals surface area contributed by atoms with Gasteiger partial charge >= 0.3 is 26.2 Å². The Labute approximate surface area is 113 Å². The van der Waals surface area contributed by atoms with Crippen molar-refractivity contribution in [1.82, 2.24) is 0 Å². The summed E-state index contributed by atoms with van der Waals surface area (Å²) < 4.78 is 99.4. The van der Waals surface area contributed by atoms with E-state index in [-0.39, 0.29) is 26.1 Å². The summed E-state index contributed by atoms with van der Waals surface area (Å²) in [5.41, 5.74) is -5.43. The normalized spacial score (nSPS) is 14.7. The van der Waals surface area contributed by atoms with Gasteiger partial charge in [-0.2, -0.15) is 30.7 Å². The zero-order valence-corrected chi connectivity index (χ0v) is 12.3. The van der Waals surface area contributed by atoms with Crippen molar-refractivity contribution in [3.8, 4) is 0 Å². The maximum absolute atomic E-state index is 13.7. The average molecular weight is 330 g/mol. The van der Waals surface area contributed by atoms with E-state index in [2.05, 4.69) is 8.85 Å².